The summed E-state index contributed by atoms with van der Waals surface area (Å²) in [4.78, 5) is 0. The molecule has 1 aromatic carbocycles. The summed E-state index contributed by atoms with van der Waals surface area (Å²) in [6.07, 6.45) is 3.85. The second-order valence-corrected chi connectivity index (χ2v) is 4.70. The predicted molar refractivity (Wildman–Crippen MR) is 67.7 cm³/mol. The van der Waals surface area contributed by atoms with Gasteiger partial charge >= 0.3 is 0 Å². The minimum absolute atomic E-state index is 0. The molecule has 0 heterocycles. The molecule has 2 N–H and O–H groups in total. The topological polar surface area (TPSA) is 26.0 Å². The molecule has 1 saturated carbocycles. The third-order valence-corrected chi connectivity index (χ3v) is 3.32. The molecule has 1 nitrogen and oxygen atoms in total. The van der Waals surface area contributed by atoms with Gasteiger partial charge < -0.3 is 5.73 Å². The third-order valence-electron chi connectivity index (χ3n) is 2.89. The van der Waals surface area contributed by atoms with E-state index in [1.807, 2.05) is 19.1 Å². The molecule has 0 aromatic heterocycles. The summed E-state index contributed by atoms with van der Waals surface area (Å²) in [5.41, 5.74) is 8.45. The fourth-order valence-electron chi connectivity index (χ4n) is 1.75. The van der Waals surface area contributed by atoms with E-state index in [9.17, 15) is 0 Å². The second kappa shape index (κ2) is 5.20. The Morgan fingerprint density at radius 2 is 2.13 bits per heavy atom. The van der Waals surface area contributed by atoms with Crippen LogP contribution in [0.25, 0.3) is 0 Å². The first-order chi connectivity index (χ1) is 6.66. The van der Waals surface area contributed by atoms with Crippen molar-refractivity contribution < 1.29 is 0 Å². The molecule has 0 unspecified atom stereocenters. The molecule has 1 aliphatic rings. The summed E-state index contributed by atoms with van der Waals surface area (Å²) >= 11 is 5.96. The molecule has 1 atom stereocenters. The molecule has 84 valence electrons. The van der Waals surface area contributed by atoms with Crippen LogP contribution in [0.2, 0.25) is 5.02 Å². The van der Waals surface area contributed by atoms with Gasteiger partial charge in [-0.1, -0.05) is 36.6 Å². The lowest BCUT2D eigenvalue weighted by atomic mass is 10.0. The third kappa shape index (κ3) is 3.37. The highest BCUT2D eigenvalue weighted by molar-refractivity contribution is 6.31. The highest BCUT2D eigenvalue weighted by atomic mass is 35.5. The minimum atomic E-state index is 0. The molecule has 0 saturated heterocycles. The van der Waals surface area contributed by atoms with E-state index in [1.165, 1.54) is 18.4 Å². The number of nitrogens with two attached hydrogens (primary N) is 1. The lowest BCUT2D eigenvalue weighted by molar-refractivity contribution is 0.597. The Morgan fingerprint density at radius 1 is 1.47 bits per heavy atom. The lowest BCUT2D eigenvalue weighted by Crippen LogP contribution is -2.11. The Morgan fingerprint density at radius 3 is 2.67 bits per heavy atom. The van der Waals surface area contributed by atoms with Gasteiger partial charge in [-0.2, -0.15) is 0 Å². The SMILES string of the molecule is Cc1cc([C@H](N)CC2CC2)ccc1Cl.Cl. The van der Waals surface area contributed by atoms with E-state index < -0.39 is 0 Å². The van der Waals surface area contributed by atoms with Gasteiger partial charge in [-0.15, -0.1) is 12.4 Å². The summed E-state index contributed by atoms with van der Waals surface area (Å²) in [5.74, 6) is 0.876. The van der Waals surface area contributed by atoms with Gasteiger partial charge in [0.15, 0.2) is 0 Å². The standard InChI is InChI=1S/C12H16ClN.ClH/c1-8-6-10(4-5-11(8)13)12(14)7-9-2-3-9;/h4-6,9,12H,2-3,7,14H2,1H3;1H/t12-;/m1./s1. The van der Waals surface area contributed by atoms with E-state index in [-0.39, 0.29) is 18.4 Å². The van der Waals surface area contributed by atoms with Crippen LogP contribution in [-0.4, -0.2) is 0 Å². The summed E-state index contributed by atoms with van der Waals surface area (Å²) in [6, 6.07) is 6.29. The fraction of sp³-hybridized carbons (Fsp3) is 0.500. The van der Waals surface area contributed by atoms with Gasteiger partial charge in [0.1, 0.15) is 0 Å². The Hall–Kier alpha value is -0.240. The maximum absolute atomic E-state index is 6.11. The zero-order valence-electron chi connectivity index (χ0n) is 8.87. The molecule has 0 bridgehead atoms. The molecule has 15 heavy (non-hydrogen) atoms. The smallest absolute Gasteiger partial charge is 0.0435 e. The first-order valence-corrected chi connectivity index (χ1v) is 5.56. The Balaban J connectivity index is 0.00000112. The van der Waals surface area contributed by atoms with Gasteiger partial charge in [0.25, 0.3) is 0 Å². The monoisotopic (exact) mass is 245 g/mol. The van der Waals surface area contributed by atoms with E-state index in [0.29, 0.717) is 0 Å². The number of aryl methyl sites for hydroxylation is 1. The van der Waals surface area contributed by atoms with Crippen LogP contribution in [0.3, 0.4) is 0 Å². The molecule has 3 heteroatoms. The summed E-state index contributed by atoms with van der Waals surface area (Å²) in [6.45, 7) is 2.02. The fourth-order valence-corrected chi connectivity index (χ4v) is 1.86. The molecule has 1 fully saturated rings. The number of benzene rings is 1. The maximum atomic E-state index is 6.11. The normalized spacial score (nSPS) is 17.0. The minimum Gasteiger partial charge on any atom is -0.324 e. The van der Waals surface area contributed by atoms with Crippen molar-refractivity contribution in [3.05, 3.63) is 34.3 Å². The lowest BCUT2D eigenvalue weighted by Gasteiger charge is -2.12. The van der Waals surface area contributed by atoms with Crippen LogP contribution in [0.15, 0.2) is 18.2 Å². The van der Waals surface area contributed by atoms with Crippen molar-refractivity contribution in [1.82, 2.24) is 0 Å². The average molecular weight is 246 g/mol. The Labute approximate surface area is 102 Å². The van der Waals surface area contributed by atoms with Crippen molar-refractivity contribution in [3.8, 4) is 0 Å². The van der Waals surface area contributed by atoms with Crippen LogP contribution >= 0.6 is 24.0 Å². The Kier molecular flexibility index (Phi) is 4.45. The summed E-state index contributed by atoms with van der Waals surface area (Å²) in [7, 11) is 0. The molecule has 0 radical (unpaired) electrons. The largest absolute Gasteiger partial charge is 0.324 e. The summed E-state index contributed by atoms with van der Waals surface area (Å²) in [5, 5.41) is 0.826. The van der Waals surface area contributed by atoms with Crippen LogP contribution < -0.4 is 5.73 Å². The molecule has 0 aliphatic heterocycles. The van der Waals surface area contributed by atoms with E-state index >= 15 is 0 Å². The predicted octanol–water partition coefficient (Wildman–Crippen LogP) is 3.87. The average Bonchev–Trinajstić information content (AvgIpc) is 2.93. The highest BCUT2D eigenvalue weighted by Gasteiger charge is 2.24. The second-order valence-electron chi connectivity index (χ2n) is 4.29. The van der Waals surface area contributed by atoms with Crippen molar-refractivity contribution >= 4 is 24.0 Å². The van der Waals surface area contributed by atoms with E-state index in [1.54, 1.807) is 0 Å². The maximum Gasteiger partial charge on any atom is 0.0435 e. The van der Waals surface area contributed by atoms with E-state index in [2.05, 4.69) is 6.07 Å². The molecular formula is C12H17Cl2N. The van der Waals surface area contributed by atoms with Crippen LogP contribution in [-0.2, 0) is 0 Å². The highest BCUT2D eigenvalue weighted by Crippen LogP contribution is 2.37. The van der Waals surface area contributed by atoms with Crippen LogP contribution in [0, 0.1) is 12.8 Å². The Bertz CT molecular complexity index is 334. The molecule has 1 aliphatic carbocycles. The number of hydrogen-bond donors (Lipinski definition) is 1. The zero-order valence-corrected chi connectivity index (χ0v) is 10.4. The van der Waals surface area contributed by atoms with E-state index in [0.717, 1.165) is 22.9 Å². The van der Waals surface area contributed by atoms with Crippen LogP contribution in [0.1, 0.15) is 36.4 Å². The van der Waals surface area contributed by atoms with Crippen molar-refractivity contribution in [2.75, 3.05) is 0 Å². The first kappa shape index (κ1) is 12.8. The summed E-state index contributed by atoms with van der Waals surface area (Å²) < 4.78 is 0. The molecule has 1 aromatic rings. The van der Waals surface area contributed by atoms with Gasteiger partial charge in [0, 0.05) is 11.1 Å². The van der Waals surface area contributed by atoms with Crippen LogP contribution in [0.5, 0.6) is 0 Å². The molecule has 2 rings (SSSR count). The zero-order chi connectivity index (χ0) is 10.1. The molecular weight excluding hydrogens is 229 g/mol. The van der Waals surface area contributed by atoms with Crippen molar-refractivity contribution in [2.45, 2.75) is 32.2 Å². The van der Waals surface area contributed by atoms with Gasteiger partial charge in [0.05, 0.1) is 0 Å². The van der Waals surface area contributed by atoms with Gasteiger partial charge in [-0.25, -0.2) is 0 Å². The molecule has 0 amide bonds. The van der Waals surface area contributed by atoms with E-state index in [4.69, 9.17) is 17.3 Å². The van der Waals surface area contributed by atoms with Gasteiger partial charge in [0.2, 0.25) is 0 Å². The first-order valence-electron chi connectivity index (χ1n) is 5.18. The quantitative estimate of drug-likeness (QED) is 0.860. The number of hydrogen-bond acceptors (Lipinski definition) is 1. The van der Waals surface area contributed by atoms with Crippen molar-refractivity contribution in [2.24, 2.45) is 11.7 Å². The number of halogens is 2. The van der Waals surface area contributed by atoms with Gasteiger partial charge in [-0.3, -0.25) is 0 Å². The van der Waals surface area contributed by atoms with Gasteiger partial charge in [-0.05, 0) is 36.5 Å². The van der Waals surface area contributed by atoms with Crippen LogP contribution in [0.4, 0.5) is 0 Å². The number of rotatable bonds is 3. The molecule has 0 spiro atoms. The van der Waals surface area contributed by atoms with Crippen molar-refractivity contribution in [1.29, 1.82) is 0 Å². The van der Waals surface area contributed by atoms with Crippen molar-refractivity contribution in [3.63, 3.8) is 0 Å².